The van der Waals surface area contributed by atoms with Gasteiger partial charge in [0, 0.05) is 24.4 Å². The lowest BCUT2D eigenvalue weighted by Crippen LogP contribution is -2.35. The van der Waals surface area contributed by atoms with Gasteiger partial charge in [-0.25, -0.2) is 8.42 Å². The van der Waals surface area contributed by atoms with Gasteiger partial charge in [-0.3, -0.25) is 10.1 Å². The van der Waals surface area contributed by atoms with Crippen LogP contribution in [-0.4, -0.2) is 41.9 Å². The number of hydrogen-bond donors (Lipinski definition) is 1. The van der Waals surface area contributed by atoms with Crippen LogP contribution < -0.4 is 5.32 Å². The van der Waals surface area contributed by atoms with E-state index in [1.165, 1.54) is 51.7 Å². The molecule has 33 heavy (non-hydrogen) atoms. The van der Waals surface area contributed by atoms with Crippen molar-refractivity contribution in [3.63, 3.8) is 0 Å². The van der Waals surface area contributed by atoms with Gasteiger partial charge in [0.2, 0.25) is 15.2 Å². The van der Waals surface area contributed by atoms with E-state index in [9.17, 15) is 13.2 Å². The van der Waals surface area contributed by atoms with E-state index in [4.69, 9.17) is 23.2 Å². The molecule has 0 spiro atoms. The van der Waals surface area contributed by atoms with E-state index in [0.717, 1.165) is 24.8 Å². The molecule has 1 saturated heterocycles. The van der Waals surface area contributed by atoms with Crippen molar-refractivity contribution < 1.29 is 13.2 Å². The van der Waals surface area contributed by atoms with Crippen LogP contribution in [0.1, 0.15) is 35.2 Å². The molecular formula is C21H20Cl2N4O3S3. The van der Waals surface area contributed by atoms with Crippen molar-refractivity contribution in [3.05, 3.63) is 63.6 Å². The third-order valence-electron chi connectivity index (χ3n) is 5.04. The number of anilines is 1. The van der Waals surface area contributed by atoms with E-state index in [1.54, 1.807) is 12.1 Å². The number of thioether (sulfide) groups is 1. The fourth-order valence-electron chi connectivity index (χ4n) is 3.29. The standard InChI is InChI=1S/C21H20Cl2N4O3S3/c22-17-9-4-14(12-18(17)23)13-31-21-26-25-20(32-21)24-19(28)15-5-7-16(8-6-15)33(29,30)27-10-2-1-3-11-27/h4-9,12H,1-3,10-11,13H2,(H,24,25,28). The number of hydrogen-bond acceptors (Lipinski definition) is 7. The Hall–Kier alpha value is -1.69. The van der Waals surface area contributed by atoms with Crippen molar-refractivity contribution in [3.8, 4) is 0 Å². The van der Waals surface area contributed by atoms with E-state index in [0.29, 0.717) is 43.9 Å². The summed E-state index contributed by atoms with van der Waals surface area (Å²) in [7, 11) is -3.53. The smallest absolute Gasteiger partial charge is 0.257 e. The first-order valence-electron chi connectivity index (χ1n) is 10.1. The first kappa shape index (κ1) is 24.4. The second-order valence-corrected chi connectivity index (χ2v) is 12.3. The second-order valence-electron chi connectivity index (χ2n) is 7.35. The monoisotopic (exact) mass is 542 g/mol. The number of amides is 1. The Labute approximate surface area is 210 Å². The van der Waals surface area contributed by atoms with E-state index in [2.05, 4.69) is 15.5 Å². The van der Waals surface area contributed by atoms with Crippen LogP contribution >= 0.6 is 46.3 Å². The summed E-state index contributed by atoms with van der Waals surface area (Å²) in [5, 5.41) is 12.2. The summed E-state index contributed by atoms with van der Waals surface area (Å²) in [5.41, 5.74) is 1.34. The van der Waals surface area contributed by atoms with Crippen LogP contribution in [0.15, 0.2) is 51.7 Å². The van der Waals surface area contributed by atoms with E-state index in [1.807, 2.05) is 6.07 Å². The van der Waals surface area contributed by atoms with Crippen molar-refractivity contribution in [2.75, 3.05) is 18.4 Å². The Morgan fingerprint density at radius 1 is 1.03 bits per heavy atom. The highest BCUT2D eigenvalue weighted by Crippen LogP contribution is 2.31. The van der Waals surface area contributed by atoms with Gasteiger partial charge < -0.3 is 0 Å². The molecule has 0 aliphatic carbocycles. The largest absolute Gasteiger partial charge is 0.296 e. The summed E-state index contributed by atoms with van der Waals surface area (Å²) in [6, 6.07) is 11.4. The molecule has 7 nitrogen and oxygen atoms in total. The Morgan fingerprint density at radius 3 is 2.45 bits per heavy atom. The molecule has 1 amide bonds. The number of aromatic nitrogens is 2. The minimum absolute atomic E-state index is 0.192. The lowest BCUT2D eigenvalue weighted by atomic mass is 10.2. The Kier molecular flexibility index (Phi) is 7.93. The predicted molar refractivity (Wildman–Crippen MR) is 133 cm³/mol. The summed E-state index contributed by atoms with van der Waals surface area (Å²) in [6.45, 7) is 1.07. The quantitative estimate of drug-likeness (QED) is 0.310. The van der Waals surface area contributed by atoms with Gasteiger partial charge in [-0.1, -0.05) is 58.8 Å². The minimum Gasteiger partial charge on any atom is -0.296 e. The van der Waals surface area contributed by atoms with E-state index in [-0.39, 0.29) is 10.8 Å². The number of nitrogens with zero attached hydrogens (tertiary/aromatic N) is 3. The molecule has 174 valence electrons. The number of sulfonamides is 1. The van der Waals surface area contributed by atoms with Crippen molar-refractivity contribution in [1.82, 2.24) is 14.5 Å². The van der Waals surface area contributed by atoms with Crippen molar-refractivity contribution >= 4 is 67.4 Å². The third kappa shape index (κ3) is 6.06. The van der Waals surface area contributed by atoms with Gasteiger partial charge in [0.25, 0.3) is 5.91 Å². The third-order valence-corrected chi connectivity index (χ3v) is 9.74. The number of carbonyl (C=O) groups is 1. The Balaban J connectivity index is 1.35. The Bertz CT molecular complexity index is 1240. The van der Waals surface area contributed by atoms with Crippen LogP contribution in [0, 0.1) is 0 Å². The molecule has 0 saturated carbocycles. The molecule has 2 heterocycles. The lowest BCUT2D eigenvalue weighted by Gasteiger charge is -2.25. The molecule has 1 aromatic heterocycles. The van der Waals surface area contributed by atoms with Crippen molar-refractivity contribution in [1.29, 1.82) is 0 Å². The molecule has 4 rings (SSSR count). The van der Waals surface area contributed by atoms with E-state index < -0.39 is 10.0 Å². The average molecular weight is 544 g/mol. The molecule has 1 fully saturated rings. The van der Waals surface area contributed by atoms with Gasteiger partial charge in [0.05, 0.1) is 14.9 Å². The maximum atomic E-state index is 12.8. The summed E-state index contributed by atoms with van der Waals surface area (Å²) < 4.78 is 27.7. The van der Waals surface area contributed by atoms with Gasteiger partial charge in [-0.15, -0.1) is 10.2 Å². The van der Waals surface area contributed by atoms with Gasteiger partial charge in [-0.05, 0) is 54.8 Å². The SMILES string of the molecule is O=C(Nc1nnc(SCc2ccc(Cl)c(Cl)c2)s1)c1ccc(S(=O)(=O)N2CCCCC2)cc1. The number of carbonyl (C=O) groups excluding carboxylic acids is 1. The first-order chi connectivity index (χ1) is 15.8. The highest BCUT2D eigenvalue weighted by molar-refractivity contribution is 8.00. The zero-order valence-electron chi connectivity index (χ0n) is 17.3. The normalized spacial score (nSPS) is 14.8. The number of halogens is 2. The molecule has 2 aromatic carbocycles. The molecule has 0 unspecified atom stereocenters. The van der Waals surface area contributed by atoms with Crippen LogP contribution in [0.4, 0.5) is 5.13 Å². The number of nitrogens with one attached hydrogen (secondary N) is 1. The van der Waals surface area contributed by atoms with Crippen LogP contribution in [0.25, 0.3) is 0 Å². The van der Waals surface area contributed by atoms with Crippen LogP contribution in [0.3, 0.4) is 0 Å². The summed E-state index contributed by atoms with van der Waals surface area (Å²) in [5.74, 6) is 0.251. The number of piperidine rings is 1. The van der Waals surface area contributed by atoms with Gasteiger partial charge in [-0.2, -0.15) is 4.31 Å². The maximum absolute atomic E-state index is 12.8. The molecule has 1 aliphatic heterocycles. The van der Waals surface area contributed by atoms with Gasteiger partial charge in [0.15, 0.2) is 4.34 Å². The zero-order valence-corrected chi connectivity index (χ0v) is 21.3. The van der Waals surface area contributed by atoms with Gasteiger partial charge in [0.1, 0.15) is 0 Å². The molecule has 1 N–H and O–H groups in total. The summed E-state index contributed by atoms with van der Waals surface area (Å²) >= 11 is 14.7. The predicted octanol–water partition coefficient (Wildman–Crippen LogP) is 5.56. The molecule has 0 radical (unpaired) electrons. The minimum atomic E-state index is -3.53. The van der Waals surface area contributed by atoms with E-state index >= 15 is 0 Å². The molecule has 1 aliphatic rings. The highest BCUT2D eigenvalue weighted by Gasteiger charge is 2.26. The highest BCUT2D eigenvalue weighted by atomic mass is 35.5. The number of rotatable bonds is 7. The topological polar surface area (TPSA) is 92.3 Å². The van der Waals surface area contributed by atoms with Crippen LogP contribution in [0.2, 0.25) is 10.0 Å². The number of benzene rings is 2. The first-order valence-corrected chi connectivity index (χ1v) is 14.1. The molecule has 0 bridgehead atoms. The van der Waals surface area contributed by atoms with Crippen molar-refractivity contribution in [2.24, 2.45) is 0 Å². The molecule has 0 atom stereocenters. The second kappa shape index (κ2) is 10.7. The van der Waals surface area contributed by atoms with Crippen molar-refractivity contribution in [2.45, 2.75) is 34.3 Å². The molecule has 3 aromatic rings. The van der Waals surface area contributed by atoms with Gasteiger partial charge >= 0.3 is 0 Å². The van der Waals surface area contributed by atoms with Crippen LogP contribution in [-0.2, 0) is 15.8 Å². The summed E-state index contributed by atoms with van der Waals surface area (Å²) in [6.07, 6.45) is 2.79. The summed E-state index contributed by atoms with van der Waals surface area (Å²) in [4.78, 5) is 12.8. The fourth-order valence-corrected chi connectivity index (χ4v) is 6.82. The zero-order chi connectivity index (χ0) is 23.4. The fraction of sp³-hybridized carbons (Fsp3) is 0.286. The van der Waals surface area contributed by atoms with Crippen LogP contribution in [0.5, 0.6) is 0 Å². The Morgan fingerprint density at radius 2 is 1.76 bits per heavy atom. The molecular weight excluding hydrogens is 523 g/mol. The maximum Gasteiger partial charge on any atom is 0.257 e. The molecule has 12 heteroatoms. The average Bonchev–Trinajstić information content (AvgIpc) is 3.27. The lowest BCUT2D eigenvalue weighted by molar-refractivity contribution is 0.102.